The monoisotopic (exact) mass is 466 g/mol. The summed E-state index contributed by atoms with van der Waals surface area (Å²) in [5.74, 6) is -1.23. The van der Waals surface area contributed by atoms with Gasteiger partial charge in [0.15, 0.2) is 0 Å². The Hall–Kier alpha value is -3.01. The summed E-state index contributed by atoms with van der Waals surface area (Å²) in [5, 5.41) is 10.2. The standard InChI is InChI=1S/C19H13Cl2FN4O3S/c20-14-2-1-3-15(21)18(14)19(27)25-17-8-16(11(9-23)10-24-17)26-30(28,29)13-6-4-12(22)5-7-13/h1-10,23H,(H2,24,25,26,27). The predicted octanol–water partition coefficient (Wildman–Crippen LogP) is 4.58. The highest BCUT2D eigenvalue weighted by Crippen LogP contribution is 2.26. The van der Waals surface area contributed by atoms with Crippen LogP contribution in [-0.4, -0.2) is 25.5 Å². The second-order valence-electron chi connectivity index (χ2n) is 5.91. The molecule has 0 aliphatic rings. The number of aromatic nitrogens is 1. The van der Waals surface area contributed by atoms with E-state index >= 15 is 0 Å². The molecule has 0 atom stereocenters. The van der Waals surface area contributed by atoms with Crippen LogP contribution in [0.25, 0.3) is 0 Å². The third-order valence-electron chi connectivity index (χ3n) is 3.89. The van der Waals surface area contributed by atoms with Crippen LogP contribution in [0.15, 0.2) is 59.6 Å². The van der Waals surface area contributed by atoms with Gasteiger partial charge in [0.1, 0.15) is 11.6 Å². The van der Waals surface area contributed by atoms with Crippen molar-refractivity contribution in [3.05, 3.63) is 81.7 Å². The molecule has 0 aliphatic carbocycles. The van der Waals surface area contributed by atoms with Crippen molar-refractivity contribution >= 4 is 56.9 Å². The fourth-order valence-electron chi connectivity index (χ4n) is 2.45. The van der Waals surface area contributed by atoms with E-state index in [0.29, 0.717) is 0 Å². The Balaban J connectivity index is 1.91. The molecule has 3 rings (SSSR count). The van der Waals surface area contributed by atoms with E-state index in [1.165, 1.54) is 24.4 Å². The van der Waals surface area contributed by atoms with Crippen LogP contribution in [0.2, 0.25) is 10.0 Å². The number of nitrogens with one attached hydrogen (secondary N) is 3. The summed E-state index contributed by atoms with van der Waals surface area (Å²) < 4.78 is 40.5. The maximum atomic E-state index is 13.1. The molecule has 7 nitrogen and oxygen atoms in total. The van der Waals surface area contributed by atoms with Gasteiger partial charge in [0, 0.05) is 24.0 Å². The first-order valence-electron chi connectivity index (χ1n) is 8.25. The minimum Gasteiger partial charge on any atom is -0.308 e. The molecule has 1 heterocycles. The van der Waals surface area contributed by atoms with Gasteiger partial charge in [-0.25, -0.2) is 17.8 Å². The molecule has 1 amide bonds. The second kappa shape index (κ2) is 8.78. The molecule has 0 fully saturated rings. The highest BCUT2D eigenvalue weighted by Gasteiger charge is 2.19. The molecule has 0 saturated heterocycles. The molecule has 0 bridgehead atoms. The molecule has 0 radical (unpaired) electrons. The Morgan fingerprint density at radius 1 is 1.10 bits per heavy atom. The molecule has 0 saturated carbocycles. The molecule has 0 unspecified atom stereocenters. The summed E-state index contributed by atoms with van der Waals surface area (Å²) in [5.41, 5.74) is 0.173. The Morgan fingerprint density at radius 3 is 2.33 bits per heavy atom. The van der Waals surface area contributed by atoms with E-state index < -0.39 is 21.7 Å². The maximum Gasteiger partial charge on any atom is 0.261 e. The van der Waals surface area contributed by atoms with Crippen molar-refractivity contribution in [3.8, 4) is 0 Å². The minimum atomic E-state index is -4.08. The van der Waals surface area contributed by atoms with Crippen molar-refractivity contribution in [3.63, 3.8) is 0 Å². The topological polar surface area (TPSA) is 112 Å². The van der Waals surface area contributed by atoms with Crippen LogP contribution in [-0.2, 0) is 10.0 Å². The number of nitrogens with zero attached hydrogens (tertiary/aromatic N) is 1. The summed E-state index contributed by atoms with van der Waals surface area (Å²) in [6.07, 6.45) is 2.10. The number of halogens is 3. The number of carbonyl (C=O) groups excluding carboxylic acids is 1. The SMILES string of the molecule is N=Cc1cnc(NC(=O)c2c(Cl)cccc2Cl)cc1NS(=O)(=O)c1ccc(F)cc1. The highest BCUT2D eigenvalue weighted by molar-refractivity contribution is 7.92. The Labute approximate surface area is 181 Å². The molecule has 2 aromatic carbocycles. The zero-order chi connectivity index (χ0) is 21.9. The van der Waals surface area contributed by atoms with Crippen molar-refractivity contribution in [2.24, 2.45) is 0 Å². The van der Waals surface area contributed by atoms with E-state index in [0.717, 1.165) is 30.5 Å². The smallest absolute Gasteiger partial charge is 0.261 e. The van der Waals surface area contributed by atoms with Crippen LogP contribution in [0.4, 0.5) is 15.9 Å². The van der Waals surface area contributed by atoms with E-state index in [1.807, 2.05) is 0 Å². The first-order valence-corrected chi connectivity index (χ1v) is 10.5. The van der Waals surface area contributed by atoms with Crippen molar-refractivity contribution in [2.45, 2.75) is 4.90 Å². The molecule has 0 spiro atoms. The summed E-state index contributed by atoms with van der Waals surface area (Å²) in [6.45, 7) is 0. The fourth-order valence-corrected chi connectivity index (χ4v) is 4.10. The lowest BCUT2D eigenvalue weighted by Gasteiger charge is -2.13. The lowest BCUT2D eigenvalue weighted by molar-refractivity contribution is 0.102. The molecular formula is C19H13Cl2FN4O3S. The van der Waals surface area contributed by atoms with E-state index in [1.54, 1.807) is 6.07 Å². The summed E-state index contributed by atoms with van der Waals surface area (Å²) >= 11 is 12.0. The van der Waals surface area contributed by atoms with Gasteiger partial charge in [-0.15, -0.1) is 0 Å². The molecule has 11 heteroatoms. The number of anilines is 2. The van der Waals surface area contributed by atoms with Crippen molar-refractivity contribution < 1.29 is 17.6 Å². The quantitative estimate of drug-likeness (QED) is 0.461. The molecule has 1 aromatic heterocycles. The summed E-state index contributed by atoms with van der Waals surface area (Å²) in [4.78, 5) is 16.3. The zero-order valence-electron chi connectivity index (χ0n) is 15.0. The van der Waals surface area contributed by atoms with Gasteiger partial charge in [0.25, 0.3) is 15.9 Å². The average molecular weight is 467 g/mol. The Bertz CT molecular complexity index is 1210. The van der Waals surface area contributed by atoms with Gasteiger partial charge >= 0.3 is 0 Å². The highest BCUT2D eigenvalue weighted by atomic mass is 35.5. The summed E-state index contributed by atoms with van der Waals surface area (Å²) in [7, 11) is -4.08. The predicted molar refractivity (Wildman–Crippen MR) is 114 cm³/mol. The van der Waals surface area contributed by atoms with E-state index in [4.69, 9.17) is 28.6 Å². The fraction of sp³-hybridized carbons (Fsp3) is 0. The second-order valence-corrected chi connectivity index (χ2v) is 8.41. The lowest BCUT2D eigenvalue weighted by Crippen LogP contribution is -2.17. The molecule has 30 heavy (non-hydrogen) atoms. The third kappa shape index (κ3) is 4.76. The normalized spacial score (nSPS) is 11.0. The molecule has 0 aliphatic heterocycles. The van der Waals surface area contributed by atoms with Crippen LogP contribution >= 0.6 is 23.2 Å². The van der Waals surface area contributed by atoms with Crippen LogP contribution in [0.3, 0.4) is 0 Å². The van der Waals surface area contributed by atoms with Crippen molar-refractivity contribution in [1.29, 1.82) is 5.41 Å². The van der Waals surface area contributed by atoms with Gasteiger partial charge in [-0.05, 0) is 36.4 Å². The number of sulfonamides is 1. The van der Waals surface area contributed by atoms with E-state index in [2.05, 4.69) is 15.0 Å². The molecule has 3 aromatic rings. The Kier molecular flexibility index (Phi) is 6.35. The maximum absolute atomic E-state index is 13.1. The van der Waals surface area contributed by atoms with Crippen molar-refractivity contribution in [2.75, 3.05) is 10.0 Å². The van der Waals surface area contributed by atoms with Gasteiger partial charge in [-0.1, -0.05) is 29.3 Å². The third-order valence-corrected chi connectivity index (χ3v) is 5.90. The number of rotatable bonds is 6. The number of pyridine rings is 1. The average Bonchev–Trinajstić information content (AvgIpc) is 2.68. The largest absolute Gasteiger partial charge is 0.308 e. The number of hydrogen-bond donors (Lipinski definition) is 3. The van der Waals surface area contributed by atoms with Crippen molar-refractivity contribution in [1.82, 2.24) is 4.98 Å². The first kappa shape index (κ1) is 21.7. The Morgan fingerprint density at radius 2 is 1.73 bits per heavy atom. The molecule has 3 N–H and O–H groups in total. The zero-order valence-corrected chi connectivity index (χ0v) is 17.3. The number of hydrogen-bond acceptors (Lipinski definition) is 5. The van der Waals surface area contributed by atoms with E-state index in [9.17, 15) is 17.6 Å². The van der Waals surface area contributed by atoms with Crippen LogP contribution in [0.5, 0.6) is 0 Å². The summed E-state index contributed by atoms with van der Waals surface area (Å²) in [6, 6.07) is 10.0. The lowest BCUT2D eigenvalue weighted by atomic mass is 10.2. The number of benzene rings is 2. The van der Waals surface area contributed by atoms with Crippen LogP contribution in [0.1, 0.15) is 15.9 Å². The first-order chi connectivity index (χ1) is 14.2. The number of amides is 1. The molecular weight excluding hydrogens is 454 g/mol. The van der Waals surface area contributed by atoms with Gasteiger partial charge in [0.2, 0.25) is 0 Å². The van der Waals surface area contributed by atoms with Gasteiger partial charge in [-0.2, -0.15) is 0 Å². The van der Waals surface area contributed by atoms with Crippen LogP contribution in [0, 0.1) is 11.2 Å². The van der Waals surface area contributed by atoms with E-state index in [-0.39, 0.29) is 37.6 Å². The van der Waals surface area contributed by atoms with Gasteiger partial charge < -0.3 is 10.7 Å². The number of carbonyl (C=O) groups is 1. The van der Waals surface area contributed by atoms with Gasteiger partial charge in [0.05, 0.1) is 26.2 Å². The molecule has 154 valence electrons. The van der Waals surface area contributed by atoms with Gasteiger partial charge in [-0.3, -0.25) is 9.52 Å². The van der Waals surface area contributed by atoms with Crippen LogP contribution < -0.4 is 10.0 Å². The minimum absolute atomic E-state index is 0.00149.